The maximum atomic E-state index is 6.44. The summed E-state index contributed by atoms with van der Waals surface area (Å²) in [7, 11) is 2.05. The monoisotopic (exact) mass is 776 g/mol. The first-order chi connectivity index (χ1) is 22.0. The quantitative estimate of drug-likeness (QED) is 0.167. The Hall–Kier alpha value is -4.86. The van der Waals surface area contributed by atoms with Crippen LogP contribution in [0.3, 0.4) is 0 Å². The van der Waals surface area contributed by atoms with Crippen LogP contribution in [0.1, 0.15) is 25.0 Å². The number of benzene rings is 5. The van der Waals surface area contributed by atoms with E-state index in [0.29, 0.717) is 11.5 Å². The number of rotatable bonds is 4. The molecular formula is C40H29N4OPt-3. The van der Waals surface area contributed by atoms with Gasteiger partial charge in [-0.1, -0.05) is 74.0 Å². The van der Waals surface area contributed by atoms with Gasteiger partial charge in [-0.05, 0) is 53.4 Å². The predicted molar refractivity (Wildman–Crippen MR) is 182 cm³/mol. The molecule has 0 atom stereocenters. The van der Waals surface area contributed by atoms with Gasteiger partial charge in [-0.2, -0.15) is 18.8 Å². The van der Waals surface area contributed by atoms with Crippen LogP contribution in [-0.2, 0) is 26.5 Å². The molecule has 228 valence electrons. The fourth-order valence-electron chi connectivity index (χ4n) is 7.09. The van der Waals surface area contributed by atoms with Crippen LogP contribution < -0.4 is 14.5 Å². The van der Waals surface area contributed by atoms with Gasteiger partial charge in [-0.15, -0.1) is 41.4 Å². The topological polar surface area (TPSA) is 33.5 Å². The molecule has 7 aromatic rings. The molecule has 0 saturated carbocycles. The second-order valence-electron chi connectivity index (χ2n) is 12.3. The summed E-state index contributed by atoms with van der Waals surface area (Å²) in [4.78, 5) is 9.28. The second-order valence-corrected chi connectivity index (χ2v) is 12.3. The fourth-order valence-corrected chi connectivity index (χ4v) is 7.09. The predicted octanol–water partition coefficient (Wildman–Crippen LogP) is 9.58. The Kier molecular flexibility index (Phi) is 6.59. The van der Waals surface area contributed by atoms with E-state index < -0.39 is 0 Å². The summed E-state index contributed by atoms with van der Waals surface area (Å²) in [5.74, 6) is 2.12. The Balaban J connectivity index is 0.00000312. The average molecular weight is 777 g/mol. The molecule has 0 radical (unpaired) electrons. The molecule has 0 spiro atoms. The Bertz CT molecular complexity index is 2310. The smallest absolute Gasteiger partial charge is 0.135 e. The van der Waals surface area contributed by atoms with E-state index in [9.17, 15) is 0 Å². The molecule has 0 unspecified atom stereocenters. The molecule has 5 aromatic carbocycles. The number of fused-ring (bicyclic) bond motifs is 7. The Morgan fingerprint density at radius 2 is 1.48 bits per heavy atom. The van der Waals surface area contributed by atoms with Crippen molar-refractivity contribution in [2.24, 2.45) is 0 Å². The van der Waals surface area contributed by atoms with Crippen LogP contribution in [0.4, 0.5) is 17.1 Å². The number of pyridine rings is 1. The molecule has 1 aliphatic heterocycles. The number of anilines is 3. The van der Waals surface area contributed by atoms with E-state index in [1.54, 1.807) is 0 Å². The minimum Gasteiger partial charge on any atom is -0.509 e. The number of ether oxygens (including phenoxy) is 1. The molecule has 5 nitrogen and oxygen atoms in total. The molecule has 6 heteroatoms. The molecule has 9 rings (SSSR count). The van der Waals surface area contributed by atoms with Crippen molar-refractivity contribution in [1.29, 1.82) is 0 Å². The summed E-state index contributed by atoms with van der Waals surface area (Å²) in [5.41, 5.74) is 10.1. The summed E-state index contributed by atoms with van der Waals surface area (Å²) < 4.78 is 8.65. The van der Waals surface area contributed by atoms with Crippen molar-refractivity contribution in [2.75, 3.05) is 16.8 Å². The van der Waals surface area contributed by atoms with Crippen molar-refractivity contribution < 1.29 is 25.8 Å². The third kappa shape index (κ3) is 4.22. The summed E-state index contributed by atoms with van der Waals surface area (Å²) in [5, 5.41) is 2.26. The Morgan fingerprint density at radius 3 is 2.37 bits per heavy atom. The van der Waals surface area contributed by atoms with E-state index in [2.05, 4.69) is 139 Å². The normalized spacial score (nSPS) is 14.2. The van der Waals surface area contributed by atoms with Gasteiger partial charge < -0.3 is 19.1 Å². The van der Waals surface area contributed by atoms with Crippen LogP contribution in [0, 0.1) is 18.8 Å². The van der Waals surface area contributed by atoms with E-state index in [1.807, 2.05) is 30.5 Å². The van der Waals surface area contributed by atoms with Gasteiger partial charge in [0.1, 0.15) is 5.82 Å². The van der Waals surface area contributed by atoms with Crippen molar-refractivity contribution in [2.45, 2.75) is 19.3 Å². The largest absolute Gasteiger partial charge is 0.509 e. The van der Waals surface area contributed by atoms with E-state index >= 15 is 0 Å². The van der Waals surface area contributed by atoms with Crippen molar-refractivity contribution in [3.05, 3.63) is 145 Å². The first-order valence-electron chi connectivity index (χ1n) is 15.2. The number of hydrogen-bond acceptors (Lipinski definition) is 4. The molecule has 2 aromatic heterocycles. The van der Waals surface area contributed by atoms with Gasteiger partial charge in [0, 0.05) is 66.6 Å². The zero-order valence-electron chi connectivity index (χ0n) is 25.6. The van der Waals surface area contributed by atoms with Crippen molar-refractivity contribution >= 4 is 38.9 Å². The first kappa shape index (κ1) is 28.6. The van der Waals surface area contributed by atoms with Crippen molar-refractivity contribution in [3.8, 4) is 28.4 Å². The minimum atomic E-state index is -0.122. The molecule has 0 amide bonds. The van der Waals surface area contributed by atoms with E-state index in [0.717, 1.165) is 44.7 Å². The molecule has 3 heterocycles. The number of para-hydroxylation sites is 3. The summed E-state index contributed by atoms with van der Waals surface area (Å²) in [6.07, 6.45) is 2.03. The van der Waals surface area contributed by atoms with Gasteiger partial charge in [0.15, 0.2) is 0 Å². The molecule has 0 saturated heterocycles. The van der Waals surface area contributed by atoms with Crippen LogP contribution in [0.2, 0.25) is 0 Å². The van der Waals surface area contributed by atoms with Crippen molar-refractivity contribution in [3.63, 3.8) is 0 Å². The summed E-state index contributed by atoms with van der Waals surface area (Å²) in [6.45, 7) is 6.67. The van der Waals surface area contributed by atoms with Crippen LogP contribution in [-0.4, -0.2) is 16.6 Å². The zero-order chi connectivity index (χ0) is 30.3. The fraction of sp³-hybridized carbons (Fsp3) is 0.100. The van der Waals surface area contributed by atoms with E-state index in [-0.39, 0.29) is 26.5 Å². The van der Waals surface area contributed by atoms with Gasteiger partial charge in [0.05, 0.1) is 0 Å². The molecule has 1 aliphatic carbocycles. The third-order valence-corrected chi connectivity index (χ3v) is 9.28. The van der Waals surface area contributed by atoms with Crippen LogP contribution in [0.15, 0.2) is 115 Å². The molecule has 0 bridgehead atoms. The number of hydrogen-bond donors (Lipinski definition) is 0. The van der Waals surface area contributed by atoms with E-state index in [4.69, 9.17) is 9.72 Å². The minimum absolute atomic E-state index is 0. The number of nitrogens with zero attached hydrogens (tertiary/aromatic N) is 4. The van der Waals surface area contributed by atoms with Gasteiger partial charge in [0.25, 0.3) is 0 Å². The Labute approximate surface area is 282 Å². The van der Waals surface area contributed by atoms with Gasteiger partial charge in [-0.3, -0.25) is 0 Å². The molecule has 0 N–H and O–H groups in total. The first-order valence-corrected chi connectivity index (χ1v) is 15.2. The summed E-state index contributed by atoms with van der Waals surface area (Å²) >= 11 is 0. The number of aromatic nitrogens is 2. The third-order valence-electron chi connectivity index (χ3n) is 9.28. The van der Waals surface area contributed by atoms with Crippen LogP contribution in [0.5, 0.6) is 11.5 Å². The maximum Gasteiger partial charge on any atom is 0.135 e. The molecular weight excluding hydrogens is 748 g/mol. The van der Waals surface area contributed by atoms with Gasteiger partial charge in [-0.25, -0.2) is 4.98 Å². The van der Waals surface area contributed by atoms with Crippen molar-refractivity contribution in [1.82, 2.24) is 9.55 Å². The second kappa shape index (κ2) is 10.6. The standard InChI is InChI=1S/C40H29N4O.Pt/c1-40(2)33-15-6-4-13-29(33)32-24-41-39(23-34(32)40)44-35-16-7-5-14-30(35)31-20-19-28(22-38(31)44)45-27-12-10-11-26(21-27)43-25-42(3)36-17-8-9-18-37(36)43;/h4-20,23-25H,1-3H3;/q-3;. The average Bonchev–Trinajstić information content (AvgIpc) is 3.66. The Morgan fingerprint density at radius 1 is 0.717 bits per heavy atom. The zero-order valence-corrected chi connectivity index (χ0v) is 27.8. The van der Waals surface area contributed by atoms with Crippen LogP contribution >= 0.6 is 0 Å². The maximum absolute atomic E-state index is 6.44. The molecule has 46 heavy (non-hydrogen) atoms. The van der Waals surface area contributed by atoms with Crippen LogP contribution in [0.25, 0.3) is 38.8 Å². The summed E-state index contributed by atoms with van der Waals surface area (Å²) in [6, 6.07) is 44.9. The molecule has 2 aliphatic rings. The van der Waals surface area contributed by atoms with E-state index in [1.165, 1.54) is 22.3 Å². The van der Waals surface area contributed by atoms with Gasteiger partial charge in [0.2, 0.25) is 0 Å². The molecule has 0 fully saturated rings. The SMILES string of the molecule is CN1[CH-]N(c2[c-]c(Oc3[c-]c4c(cc3)c3ccccc3n4-c3cc4c(cn3)-c3ccccc3C4(C)C)ccc2)c2ccccc21.[Pt]. The van der Waals surface area contributed by atoms with Gasteiger partial charge >= 0.3 is 0 Å².